The molecule has 2 heterocycles. The van der Waals surface area contributed by atoms with Gasteiger partial charge in [0.2, 0.25) is 0 Å². The monoisotopic (exact) mass is 462 g/mol. The predicted molar refractivity (Wildman–Crippen MR) is 135 cm³/mol. The Bertz CT molecular complexity index is 1170. The van der Waals surface area contributed by atoms with Crippen molar-refractivity contribution in [2.75, 3.05) is 0 Å². The average Bonchev–Trinajstić information content (AvgIpc) is 3.52. The lowest BCUT2D eigenvalue weighted by atomic mass is 9.94. The highest BCUT2D eigenvalue weighted by Crippen LogP contribution is 2.38. The summed E-state index contributed by atoms with van der Waals surface area (Å²) in [7, 11) is 0. The number of nitrogens with one attached hydrogen (secondary N) is 1. The summed E-state index contributed by atoms with van der Waals surface area (Å²) in [6.07, 6.45) is 10.9. The SMILES string of the molecule is Cc1ccc2cc(CN(C3CCCC3)[C@@H](c3nnnn3C3CCCCC3)C(C)C)c(=O)[nH]c2c1. The van der Waals surface area contributed by atoms with Gasteiger partial charge in [0.15, 0.2) is 5.82 Å². The predicted octanol–water partition coefficient (Wildman–Crippen LogP) is 5.47. The Hall–Kier alpha value is -2.54. The quantitative estimate of drug-likeness (QED) is 0.504. The highest BCUT2D eigenvalue weighted by atomic mass is 16.1. The smallest absolute Gasteiger partial charge is 0.252 e. The lowest BCUT2D eigenvalue weighted by molar-refractivity contribution is 0.0815. The zero-order valence-electron chi connectivity index (χ0n) is 20.8. The maximum Gasteiger partial charge on any atom is 0.252 e. The summed E-state index contributed by atoms with van der Waals surface area (Å²) in [5, 5.41) is 14.3. The van der Waals surface area contributed by atoms with Gasteiger partial charge in [0.1, 0.15) is 0 Å². The molecule has 0 bridgehead atoms. The zero-order chi connectivity index (χ0) is 23.7. The summed E-state index contributed by atoms with van der Waals surface area (Å²) in [5.74, 6) is 1.30. The van der Waals surface area contributed by atoms with Crippen molar-refractivity contribution in [2.45, 2.75) is 103 Å². The molecule has 2 saturated carbocycles. The molecular formula is C27H38N6O. The number of hydrogen-bond acceptors (Lipinski definition) is 5. The molecule has 2 aliphatic rings. The molecule has 1 N–H and O–H groups in total. The van der Waals surface area contributed by atoms with Crippen molar-refractivity contribution in [3.63, 3.8) is 0 Å². The normalized spacial score (nSPS) is 19.0. The van der Waals surface area contributed by atoms with Crippen LogP contribution in [0.5, 0.6) is 0 Å². The second kappa shape index (κ2) is 9.98. The van der Waals surface area contributed by atoms with Crippen molar-refractivity contribution >= 4 is 10.9 Å². The van der Waals surface area contributed by atoms with Crippen LogP contribution < -0.4 is 5.56 Å². The molecule has 182 valence electrons. The highest BCUT2D eigenvalue weighted by molar-refractivity contribution is 5.79. The van der Waals surface area contributed by atoms with E-state index in [0.29, 0.717) is 24.5 Å². The topological polar surface area (TPSA) is 79.7 Å². The van der Waals surface area contributed by atoms with Gasteiger partial charge in [-0.25, -0.2) is 4.68 Å². The maximum absolute atomic E-state index is 13.2. The summed E-state index contributed by atoms with van der Waals surface area (Å²) >= 11 is 0. The van der Waals surface area contributed by atoms with Crippen LogP contribution in [0.1, 0.15) is 101 Å². The minimum atomic E-state index is 0.00970. The summed E-state index contributed by atoms with van der Waals surface area (Å²) in [6, 6.07) is 9.24. The Morgan fingerprint density at radius 3 is 2.53 bits per heavy atom. The molecule has 1 atom stereocenters. The van der Waals surface area contributed by atoms with Gasteiger partial charge in [-0.1, -0.05) is 58.1 Å². The van der Waals surface area contributed by atoms with E-state index in [4.69, 9.17) is 0 Å². The average molecular weight is 463 g/mol. The molecule has 0 amide bonds. The van der Waals surface area contributed by atoms with Gasteiger partial charge < -0.3 is 4.98 Å². The van der Waals surface area contributed by atoms with Gasteiger partial charge in [-0.3, -0.25) is 9.69 Å². The van der Waals surface area contributed by atoms with Gasteiger partial charge in [-0.15, -0.1) is 5.10 Å². The first-order valence-electron chi connectivity index (χ1n) is 13.2. The maximum atomic E-state index is 13.2. The van der Waals surface area contributed by atoms with Gasteiger partial charge in [0, 0.05) is 23.7 Å². The number of fused-ring (bicyclic) bond motifs is 1. The summed E-state index contributed by atoms with van der Waals surface area (Å²) < 4.78 is 2.12. The Balaban J connectivity index is 1.53. The van der Waals surface area contributed by atoms with E-state index in [-0.39, 0.29) is 11.6 Å². The van der Waals surface area contributed by atoms with Crippen LogP contribution in [0.25, 0.3) is 10.9 Å². The standard InChI is InChI=1S/C27H38N6O/c1-18(2)25(26-29-30-31-33(26)23-11-5-4-6-12-23)32(22-9-7-8-10-22)17-21-16-20-14-13-19(3)15-24(20)28-27(21)34/h13-16,18,22-23,25H,4-12,17H2,1-3H3,(H,28,34)/t25-/m1/s1. The number of nitrogens with zero attached hydrogens (tertiary/aromatic N) is 5. The Labute approximate surface area is 201 Å². The number of rotatable bonds is 7. The van der Waals surface area contributed by atoms with Gasteiger partial charge in [0.05, 0.1) is 12.1 Å². The first kappa shape index (κ1) is 23.2. The fourth-order valence-corrected chi connectivity index (χ4v) is 6.18. The van der Waals surface area contributed by atoms with Crippen molar-refractivity contribution < 1.29 is 0 Å². The number of pyridine rings is 1. The molecular weight excluding hydrogens is 424 g/mol. The number of tetrazole rings is 1. The van der Waals surface area contributed by atoms with Gasteiger partial charge in [-0.05, 0) is 72.0 Å². The Kier molecular flexibility index (Phi) is 6.82. The number of aryl methyl sites for hydroxylation is 1. The van der Waals surface area contributed by atoms with Gasteiger partial charge >= 0.3 is 0 Å². The molecule has 3 aromatic rings. The lowest BCUT2D eigenvalue weighted by Crippen LogP contribution is -2.41. The fourth-order valence-electron chi connectivity index (χ4n) is 6.18. The van der Waals surface area contributed by atoms with E-state index in [0.717, 1.165) is 40.7 Å². The lowest BCUT2D eigenvalue weighted by Gasteiger charge is -2.38. The molecule has 0 aliphatic heterocycles. The Morgan fingerprint density at radius 1 is 1.06 bits per heavy atom. The van der Waals surface area contributed by atoms with E-state index in [1.165, 1.54) is 44.9 Å². The number of hydrogen-bond donors (Lipinski definition) is 1. The van der Waals surface area contributed by atoms with Gasteiger partial charge in [0.25, 0.3) is 5.56 Å². The summed E-state index contributed by atoms with van der Waals surface area (Å²) in [6.45, 7) is 7.20. The number of benzene rings is 1. The van der Waals surface area contributed by atoms with Crippen LogP contribution in [-0.4, -0.2) is 36.1 Å². The van der Waals surface area contributed by atoms with E-state index in [1.807, 2.05) is 6.07 Å². The molecule has 7 heteroatoms. The molecule has 7 nitrogen and oxygen atoms in total. The minimum absolute atomic E-state index is 0.00970. The third kappa shape index (κ3) is 4.67. The van der Waals surface area contributed by atoms with Crippen LogP contribution in [0.15, 0.2) is 29.1 Å². The summed E-state index contributed by atoms with van der Waals surface area (Å²) in [5.41, 5.74) is 2.89. The van der Waals surface area contributed by atoms with E-state index >= 15 is 0 Å². The molecule has 0 radical (unpaired) electrons. The van der Waals surface area contributed by atoms with Crippen molar-refractivity contribution in [2.24, 2.45) is 5.92 Å². The van der Waals surface area contributed by atoms with Crippen LogP contribution in [0.4, 0.5) is 0 Å². The van der Waals surface area contributed by atoms with Crippen LogP contribution in [0.2, 0.25) is 0 Å². The van der Waals surface area contributed by atoms with E-state index in [9.17, 15) is 4.79 Å². The molecule has 0 spiro atoms. The fraction of sp³-hybridized carbons (Fsp3) is 0.630. The first-order chi connectivity index (χ1) is 16.5. The molecule has 1 aromatic carbocycles. The third-order valence-electron chi connectivity index (χ3n) is 7.92. The summed E-state index contributed by atoms with van der Waals surface area (Å²) in [4.78, 5) is 18.8. The zero-order valence-corrected chi connectivity index (χ0v) is 20.8. The largest absolute Gasteiger partial charge is 0.322 e. The second-order valence-electron chi connectivity index (χ2n) is 10.8. The number of aromatic nitrogens is 5. The van der Waals surface area contributed by atoms with E-state index in [1.54, 1.807) is 0 Å². The molecule has 2 aromatic heterocycles. The minimum Gasteiger partial charge on any atom is -0.322 e. The molecule has 34 heavy (non-hydrogen) atoms. The third-order valence-corrected chi connectivity index (χ3v) is 7.92. The van der Waals surface area contributed by atoms with E-state index in [2.05, 4.69) is 69.1 Å². The molecule has 0 unspecified atom stereocenters. The van der Waals surface area contributed by atoms with E-state index < -0.39 is 0 Å². The van der Waals surface area contributed by atoms with Crippen molar-refractivity contribution in [1.29, 1.82) is 0 Å². The second-order valence-corrected chi connectivity index (χ2v) is 10.8. The first-order valence-corrected chi connectivity index (χ1v) is 13.2. The van der Waals surface area contributed by atoms with Crippen molar-refractivity contribution in [1.82, 2.24) is 30.1 Å². The number of aromatic amines is 1. The van der Waals surface area contributed by atoms with Crippen molar-refractivity contribution in [3.8, 4) is 0 Å². The Morgan fingerprint density at radius 2 is 1.79 bits per heavy atom. The molecule has 0 saturated heterocycles. The van der Waals surface area contributed by atoms with Crippen molar-refractivity contribution in [3.05, 3.63) is 51.6 Å². The van der Waals surface area contributed by atoms with Crippen LogP contribution in [0, 0.1) is 12.8 Å². The highest BCUT2D eigenvalue weighted by Gasteiger charge is 2.36. The van der Waals surface area contributed by atoms with Crippen LogP contribution >= 0.6 is 0 Å². The molecule has 5 rings (SSSR count). The van der Waals surface area contributed by atoms with Crippen LogP contribution in [-0.2, 0) is 6.54 Å². The van der Waals surface area contributed by atoms with Crippen LogP contribution in [0.3, 0.4) is 0 Å². The molecule has 2 fully saturated rings. The van der Waals surface area contributed by atoms with Gasteiger partial charge in [-0.2, -0.15) is 0 Å². The number of H-pyrrole nitrogens is 1. The molecule has 2 aliphatic carbocycles.